The number of hydrogen-bond donors (Lipinski definition) is 0. The molecule has 0 atom stereocenters. The molecule has 0 saturated heterocycles. The van der Waals surface area contributed by atoms with Gasteiger partial charge in [-0.05, 0) is 25.3 Å². The normalized spacial score (nSPS) is 10.8. The maximum absolute atomic E-state index is 3.97. The first kappa shape index (κ1) is 16.7. The van der Waals surface area contributed by atoms with E-state index in [1.54, 1.807) is 0 Å². The lowest BCUT2D eigenvalue weighted by molar-refractivity contribution is 0.362. The van der Waals surface area contributed by atoms with Gasteiger partial charge in [-0.2, -0.15) is 0 Å². The molecule has 0 bridgehead atoms. The molecule has 0 heterocycles. The van der Waals surface area contributed by atoms with E-state index in [4.69, 9.17) is 0 Å². The summed E-state index contributed by atoms with van der Waals surface area (Å²) < 4.78 is 0. The van der Waals surface area contributed by atoms with Gasteiger partial charge in [0, 0.05) is 19.3 Å². The molecule has 1 heteroatoms. The van der Waals surface area contributed by atoms with Crippen LogP contribution in [0.2, 0.25) is 0 Å². The van der Waals surface area contributed by atoms with Crippen LogP contribution in [-0.2, 0) is 0 Å². The fraction of sp³-hybridized carbons (Fsp3) is 0.714. The van der Waals surface area contributed by atoms with Gasteiger partial charge in [0.05, 0.1) is 0 Å². The fourth-order valence-electron chi connectivity index (χ4n) is 1.20. The van der Waals surface area contributed by atoms with Gasteiger partial charge in [0.1, 0.15) is 0 Å². The van der Waals surface area contributed by atoms with Gasteiger partial charge in [-0.25, -0.2) is 0 Å². The Bertz CT molecular complexity index is 190. The quantitative estimate of drug-likeness (QED) is 0.606. The van der Waals surface area contributed by atoms with E-state index in [0.29, 0.717) is 5.92 Å². The van der Waals surface area contributed by atoms with Crippen molar-refractivity contribution in [3.8, 4) is 0 Å². The zero-order valence-corrected chi connectivity index (χ0v) is 11.7. The van der Waals surface area contributed by atoms with Gasteiger partial charge in [-0.3, -0.25) is 0 Å². The molecule has 0 N–H and O–H groups in total. The third-order valence-corrected chi connectivity index (χ3v) is 2.11. The summed E-state index contributed by atoms with van der Waals surface area (Å²) in [5.41, 5.74) is 2.51. The molecular formula is C14H29N. The number of rotatable bonds is 5. The highest BCUT2D eigenvalue weighted by atomic mass is 15.1. The Morgan fingerprint density at radius 1 is 1.33 bits per heavy atom. The van der Waals surface area contributed by atoms with Gasteiger partial charge in [0.15, 0.2) is 0 Å². The standard InChI is InChI=1S/C12H23N.C2H6/c1-7-11(4)8-12(5)13(6)9-10(2)3;1-2/h8,10H,4,7,9H2,1-3,5-6H3;1-2H3/b12-8-;. The largest absolute Gasteiger partial charge is 0.378 e. The van der Waals surface area contributed by atoms with Gasteiger partial charge in [-0.15, -0.1) is 0 Å². The minimum atomic E-state index is 0.711. The molecule has 1 nitrogen and oxygen atoms in total. The number of nitrogens with zero attached hydrogens (tertiary/aromatic N) is 1. The van der Waals surface area contributed by atoms with Crippen LogP contribution in [0.4, 0.5) is 0 Å². The molecule has 15 heavy (non-hydrogen) atoms. The molecular weight excluding hydrogens is 182 g/mol. The monoisotopic (exact) mass is 211 g/mol. The van der Waals surface area contributed by atoms with Crippen LogP contribution >= 0.6 is 0 Å². The highest BCUT2D eigenvalue weighted by Gasteiger charge is 2.01. The van der Waals surface area contributed by atoms with E-state index >= 15 is 0 Å². The fourth-order valence-corrected chi connectivity index (χ4v) is 1.20. The molecule has 0 aliphatic heterocycles. The Balaban J connectivity index is 0. The summed E-state index contributed by atoms with van der Waals surface area (Å²) in [5.74, 6) is 0.711. The van der Waals surface area contributed by atoms with Gasteiger partial charge in [0.25, 0.3) is 0 Å². The Labute approximate surface area is 96.9 Å². The lowest BCUT2D eigenvalue weighted by Gasteiger charge is -2.22. The molecule has 90 valence electrons. The minimum absolute atomic E-state index is 0.711. The zero-order chi connectivity index (χ0) is 12.4. The van der Waals surface area contributed by atoms with E-state index in [0.717, 1.165) is 13.0 Å². The van der Waals surface area contributed by atoms with Crippen molar-refractivity contribution in [2.75, 3.05) is 13.6 Å². The van der Waals surface area contributed by atoms with Crippen LogP contribution in [-0.4, -0.2) is 18.5 Å². The Kier molecular flexibility index (Phi) is 10.9. The van der Waals surface area contributed by atoms with Crippen LogP contribution in [0.15, 0.2) is 23.9 Å². The molecule has 0 saturated carbocycles. The molecule has 0 spiro atoms. The van der Waals surface area contributed by atoms with Crippen molar-refractivity contribution in [3.05, 3.63) is 23.9 Å². The molecule has 0 aliphatic carbocycles. The molecule has 0 unspecified atom stereocenters. The van der Waals surface area contributed by atoms with E-state index in [1.807, 2.05) is 13.8 Å². The van der Waals surface area contributed by atoms with Crippen molar-refractivity contribution in [3.63, 3.8) is 0 Å². The smallest absolute Gasteiger partial charge is 0.0194 e. The molecule has 0 aliphatic rings. The molecule has 0 aromatic heterocycles. The predicted molar refractivity (Wildman–Crippen MR) is 72.0 cm³/mol. The van der Waals surface area contributed by atoms with Crippen LogP contribution in [0.25, 0.3) is 0 Å². The van der Waals surface area contributed by atoms with Crippen molar-refractivity contribution < 1.29 is 0 Å². The van der Waals surface area contributed by atoms with Crippen molar-refractivity contribution in [1.82, 2.24) is 4.90 Å². The summed E-state index contributed by atoms with van der Waals surface area (Å²) in [4.78, 5) is 2.28. The van der Waals surface area contributed by atoms with E-state index < -0.39 is 0 Å². The van der Waals surface area contributed by atoms with E-state index in [-0.39, 0.29) is 0 Å². The first-order chi connectivity index (χ1) is 6.97. The maximum Gasteiger partial charge on any atom is 0.0194 e. The summed E-state index contributed by atoms with van der Waals surface area (Å²) in [7, 11) is 2.13. The zero-order valence-electron chi connectivity index (χ0n) is 11.7. The third kappa shape index (κ3) is 9.58. The van der Waals surface area contributed by atoms with Crippen molar-refractivity contribution in [2.45, 2.75) is 48.0 Å². The van der Waals surface area contributed by atoms with Gasteiger partial charge < -0.3 is 4.90 Å². The second-order valence-electron chi connectivity index (χ2n) is 4.07. The number of hydrogen-bond acceptors (Lipinski definition) is 1. The molecule has 0 radical (unpaired) electrons. The highest BCUT2D eigenvalue weighted by Crippen LogP contribution is 2.09. The second kappa shape index (κ2) is 9.82. The summed E-state index contributed by atoms with van der Waals surface area (Å²) in [5, 5.41) is 0. The molecule has 0 aromatic rings. The van der Waals surface area contributed by atoms with E-state index in [2.05, 4.69) is 52.3 Å². The van der Waals surface area contributed by atoms with Crippen LogP contribution in [0.3, 0.4) is 0 Å². The Morgan fingerprint density at radius 2 is 1.80 bits per heavy atom. The summed E-state index contributed by atoms with van der Waals surface area (Å²) in [6.45, 7) is 17.8. The average Bonchev–Trinajstić information content (AvgIpc) is 2.19. The van der Waals surface area contributed by atoms with E-state index in [9.17, 15) is 0 Å². The topological polar surface area (TPSA) is 3.24 Å². The van der Waals surface area contributed by atoms with Crippen molar-refractivity contribution in [1.29, 1.82) is 0 Å². The van der Waals surface area contributed by atoms with Crippen LogP contribution in [0.5, 0.6) is 0 Å². The molecule has 0 rings (SSSR count). The van der Waals surface area contributed by atoms with Gasteiger partial charge in [0.2, 0.25) is 0 Å². The Hall–Kier alpha value is -0.720. The second-order valence-corrected chi connectivity index (χ2v) is 4.07. The average molecular weight is 211 g/mol. The molecule has 0 aromatic carbocycles. The number of allylic oxidation sites excluding steroid dienone is 3. The van der Waals surface area contributed by atoms with Gasteiger partial charge >= 0.3 is 0 Å². The van der Waals surface area contributed by atoms with Crippen molar-refractivity contribution >= 4 is 0 Å². The summed E-state index contributed by atoms with van der Waals surface area (Å²) in [6.07, 6.45) is 3.20. The first-order valence-corrected chi connectivity index (χ1v) is 6.04. The summed E-state index contributed by atoms with van der Waals surface area (Å²) in [6, 6.07) is 0. The lowest BCUT2D eigenvalue weighted by atomic mass is 10.1. The molecule has 0 amide bonds. The van der Waals surface area contributed by atoms with E-state index in [1.165, 1.54) is 11.3 Å². The van der Waals surface area contributed by atoms with Crippen molar-refractivity contribution in [2.24, 2.45) is 5.92 Å². The van der Waals surface area contributed by atoms with Crippen LogP contribution in [0, 0.1) is 5.92 Å². The Morgan fingerprint density at radius 3 is 2.13 bits per heavy atom. The summed E-state index contributed by atoms with van der Waals surface area (Å²) >= 11 is 0. The highest BCUT2D eigenvalue weighted by molar-refractivity contribution is 5.18. The predicted octanol–water partition coefficient (Wildman–Crippen LogP) is 4.47. The SMILES string of the molecule is C=C(/C=C(/C)N(C)CC(C)C)CC.CC. The van der Waals surface area contributed by atoms with Crippen LogP contribution in [0.1, 0.15) is 48.0 Å². The minimum Gasteiger partial charge on any atom is -0.378 e. The first-order valence-electron chi connectivity index (χ1n) is 6.04. The lowest BCUT2D eigenvalue weighted by Crippen LogP contribution is -2.21. The van der Waals surface area contributed by atoms with Gasteiger partial charge in [-0.1, -0.05) is 46.8 Å². The van der Waals surface area contributed by atoms with Crippen LogP contribution < -0.4 is 0 Å². The third-order valence-electron chi connectivity index (χ3n) is 2.11. The maximum atomic E-state index is 3.97. The molecule has 0 fully saturated rings.